The first-order valence-corrected chi connectivity index (χ1v) is 9.90. The van der Waals surface area contributed by atoms with Gasteiger partial charge < -0.3 is 14.6 Å². The lowest BCUT2D eigenvalue weighted by Gasteiger charge is -2.39. The van der Waals surface area contributed by atoms with Gasteiger partial charge in [0.2, 0.25) is 0 Å². The number of carbonyl (C=O) groups is 2. The molecule has 1 amide bonds. The van der Waals surface area contributed by atoms with Crippen molar-refractivity contribution in [2.45, 2.75) is 39.0 Å². The average molecular weight is 453 g/mol. The molecule has 0 aliphatic rings. The lowest BCUT2D eigenvalue weighted by Crippen LogP contribution is -2.54. The molecule has 6 nitrogen and oxygen atoms in total. The van der Waals surface area contributed by atoms with Gasteiger partial charge in [-0.2, -0.15) is 0 Å². The lowest BCUT2D eigenvalue weighted by molar-refractivity contribution is -0.0206. The molecule has 0 radical (unpaired) electrons. The van der Waals surface area contributed by atoms with Crippen molar-refractivity contribution in [3.8, 4) is 0 Å². The summed E-state index contributed by atoms with van der Waals surface area (Å²) < 4.78 is 50.9. The normalized spacial score (nSPS) is 12.4. The van der Waals surface area contributed by atoms with Crippen LogP contribution in [-0.2, 0) is 16.1 Å². The Balaban J connectivity index is 2.05. The predicted octanol–water partition coefficient (Wildman–Crippen LogP) is 4.67. The van der Waals surface area contributed by atoms with Crippen molar-refractivity contribution in [1.29, 1.82) is 0 Å². The van der Waals surface area contributed by atoms with Gasteiger partial charge in [-0.3, -0.25) is 9.69 Å². The van der Waals surface area contributed by atoms with Crippen LogP contribution in [0.15, 0.2) is 42.5 Å². The van der Waals surface area contributed by atoms with E-state index in [4.69, 9.17) is 9.47 Å². The van der Waals surface area contributed by atoms with E-state index >= 15 is 0 Å². The highest BCUT2D eigenvalue weighted by atomic mass is 19.2. The molecule has 0 heterocycles. The van der Waals surface area contributed by atoms with Crippen LogP contribution in [0.25, 0.3) is 0 Å². The first-order valence-electron chi connectivity index (χ1n) is 9.90. The van der Waals surface area contributed by atoms with Gasteiger partial charge in [0.1, 0.15) is 6.61 Å². The van der Waals surface area contributed by atoms with Crippen LogP contribution in [0, 0.1) is 17.5 Å². The molecule has 0 aliphatic heterocycles. The summed E-state index contributed by atoms with van der Waals surface area (Å²) in [5.41, 5.74) is -0.270. The molecule has 2 rings (SSSR count). The molecule has 2 aromatic carbocycles. The second kappa shape index (κ2) is 11.1. The lowest BCUT2D eigenvalue weighted by atomic mass is 10.0. The monoisotopic (exact) mass is 453 g/mol. The Morgan fingerprint density at radius 2 is 1.56 bits per heavy atom. The molecule has 0 bridgehead atoms. The van der Waals surface area contributed by atoms with Crippen LogP contribution >= 0.6 is 0 Å². The summed E-state index contributed by atoms with van der Waals surface area (Å²) in [5.74, 6) is -5.40. The van der Waals surface area contributed by atoms with Gasteiger partial charge in [-0.05, 0) is 38.5 Å². The molecule has 0 fully saturated rings. The summed E-state index contributed by atoms with van der Waals surface area (Å²) in [7, 11) is 0. The minimum absolute atomic E-state index is 0.00748. The number of carboxylic acid groups (broad SMARTS) is 1. The zero-order valence-corrected chi connectivity index (χ0v) is 18.1. The van der Waals surface area contributed by atoms with Gasteiger partial charge in [0.25, 0.3) is 0 Å². The van der Waals surface area contributed by atoms with Gasteiger partial charge in [-0.25, -0.2) is 18.0 Å². The quantitative estimate of drug-likeness (QED) is 0.418. The summed E-state index contributed by atoms with van der Waals surface area (Å²) in [4.78, 5) is 25.2. The number of carbonyl (C=O) groups excluding carboxylic acids is 1. The van der Waals surface area contributed by atoms with Crippen LogP contribution in [0.5, 0.6) is 0 Å². The molecule has 0 saturated heterocycles. The molecular formula is C23H26F3NO5. The Bertz CT molecular complexity index is 908. The van der Waals surface area contributed by atoms with Crippen molar-refractivity contribution in [3.05, 3.63) is 71.0 Å². The number of halogens is 3. The standard InChI is InChI=1S/C23H26F3NO5/c1-23(2,3)27(22(29)30)17(12-31-11-15-7-5-4-6-8-15)13-32-14-20(28)16-9-18(24)21(26)19(25)10-16/h4-10,17H,11-14H2,1-3H3,(H,29,30)/t17-/m0/s1. The minimum atomic E-state index is -1.67. The molecule has 1 atom stereocenters. The second-order valence-corrected chi connectivity index (χ2v) is 8.17. The van der Waals surface area contributed by atoms with Gasteiger partial charge in [0, 0.05) is 11.1 Å². The molecule has 2 aromatic rings. The van der Waals surface area contributed by atoms with Crippen LogP contribution in [0.3, 0.4) is 0 Å². The third kappa shape index (κ3) is 7.06. The molecule has 0 unspecified atom stereocenters. The van der Waals surface area contributed by atoms with Crippen LogP contribution in [0.1, 0.15) is 36.7 Å². The number of rotatable bonds is 10. The van der Waals surface area contributed by atoms with Crippen molar-refractivity contribution in [3.63, 3.8) is 0 Å². The Labute approximate surface area is 184 Å². The molecule has 0 aromatic heterocycles. The molecule has 9 heteroatoms. The third-order valence-corrected chi connectivity index (χ3v) is 4.56. The number of hydrogen-bond acceptors (Lipinski definition) is 4. The molecule has 32 heavy (non-hydrogen) atoms. The molecule has 0 saturated carbocycles. The Kier molecular flexibility index (Phi) is 8.80. The first-order chi connectivity index (χ1) is 15.0. The highest BCUT2D eigenvalue weighted by Crippen LogP contribution is 2.19. The van der Waals surface area contributed by atoms with E-state index in [-0.39, 0.29) is 25.4 Å². The zero-order chi connectivity index (χ0) is 23.9. The number of ether oxygens (including phenoxy) is 2. The van der Waals surface area contributed by atoms with Crippen LogP contribution in [-0.4, -0.2) is 53.3 Å². The van der Waals surface area contributed by atoms with E-state index in [2.05, 4.69) is 0 Å². The number of amides is 1. The summed E-state index contributed by atoms with van der Waals surface area (Å²) in [6.07, 6.45) is -1.19. The summed E-state index contributed by atoms with van der Waals surface area (Å²) >= 11 is 0. The third-order valence-electron chi connectivity index (χ3n) is 4.56. The van der Waals surface area contributed by atoms with Crippen molar-refractivity contribution < 1.29 is 37.3 Å². The van der Waals surface area contributed by atoms with E-state index in [9.17, 15) is 27.9 Å². The number of Topliss-reactive ketones (excluding diaryl/α,β-unsaturated/α-hetero) is 1. The average Bonchev–Trinajstić information content (AvgIpc) is 2.70. The van der Waals surface area contributed by atoms with E-state index in [0.717, 1.165) is 5.56 Å². The molecule has 1 N–H and O–H groups in total. The summed E-state index contributed by atoms with van der Waals surface area (Å²) in [6, 6.07) is 9.71. The van der Waals surface area contributed by atoms with E-state index < -0.39 is 47.5 Å². The van der Waals surface area contributed by atoms with Crippen LogP contribution in [0.4, 0.5) is 18.0 Å². The number of nitrogens with zero attached hydrogens (tertiary/aromatic N) is 1. The molecule has 0 aliphatic carbocycles. The van der Waals surface area contributed by atoms with E-state index in [1.807, 2.05) is 30.3 Å². The first kappa shape index (κ1) is 25.4. The van der Waals surface area contributed by atoms with Crippen molar-refractivity contribution in [2.75, 3.05) is 19.8 Å². The highest BCUT2D eigenvalue weighted by molar-refractivity contribution is 5.97. The molecule has 174 valence electrons. The van der Waals surface area contributed by atoms with E-state index in [1.165, 1.54) is 4.90 Å². The van der Waals surface area contributed by atoms with Crippen LogP contribution < -0.4 is 0 Å². The van der Waals surface area contributed by atoms with Gasteiger partial charge in [0.15, 0.2) is 23.2 Å². The largest absolute Gasteiger partial charge is 0.465 e. The van der Waals surface area contributed by atoms with E-state index in [0.29, 0.717) is 12.1 Å². The minimum Gasteiger partial charge on any atom is -0.465 e. The van der Waals surface area contributed by atoms with Gasteiger partial charge in [-0.1, -0.05) is 30.3 Å². The number of ketones is 1. The fraction of sp³-hybridized carbons (Fsp3) is 0.391. The fourth-order valence-corrected chi connectivity index (χ4v) is 3.16. The Hall–Kier alpha value is -2.91. The Morgan fingerprint density at radius 3 is 2.09 bits per heavy atom. The maximum atomic E-state index is 13.4. The fourth-order valence-electron chi connectivity index (χ4n) is 3.16. The van der Waals surface area contributed by atoms with Crippen LogP contribution in [0.2, 0.25) is 0 Å². The van der Waals surface area contributed by atoms with Gasteiger partial charge >= 0.3 is 6.09 Å². The molecular weight excluding hydrogens is 427 g/mol. The number of benzene rings is 2. The molecule has 0 spiro atoms. The zero-order valence-electron chi connectivity index (χ0n) is 18.1. The van der Waals surface area contributed by atoms with E-state index in [1.54, 1.807) is 20.8 Å². The predicted molar refractivity (Wildman–Crippen MR) is 111 cm³/mol. The summed E-state index contributed by atoms with van der Waals surface area (Å²) in [5, 5.41) is 9.70. The Morgan fingerprint density at radius 1 is 1.00 bits per heavy atom. The van der Waals surface area contributed by atoms with Crippen molar-refractivity contribution in [1.82, 2.24) is 4.90 Å². The SMILES string of the molecule is CC(C)(C)N(C(=O)O)[C@H](COCC(=O)c1cc(F)c(F)c(F)c1)COCc1ccccc1. The van der Waals surface area contributed by atoms with Crippen molar-refractivity contribution in [2.24, 2.45) is 0 Å². The van der Waals surface area contributed by atoms with Crippen molar-refractivity contribution >= 4 is 11.9 Å². The maximum Gasteiger partial charge on any atom is 0.408 e. The van der Waals surface area contributed by atoms with Gasteiger partial charge in [-0.15, -0.1) is 0 Å². The maximum absolute atomic E-state index is 13.4. The number of hydrogen-bond donors (Lipinski definition) is 1. The summed E-state index contributed by atoms with van der Waals surface area (Å²) in [6.45, 7) is 4.60. The highest BCUT2D eigenvalue weighted by Gasteiger charge is 2.33. The van der Waals surface area contributed by atoms with Gasteiger partial charge in [0.05, 0.1) is 25.9 Å². The topological polar surface area (TPSA) is 76.1 Å². The second-order valence-electron chi connectivity index (χ2n) is 8.17. The smallest absolute Gasteiger partial charge is 0.408 e.